The summed E-state index contributed by atoms with van der Waals surface area (Å²) in [5.74, 6) is -3.36. The molecule has 63 heavy (non-hydrogen) atoms. The summed E-state index contributed by atoms with van der Waals surface area (Å²) in [7, 11) is 0. The Kier molecular flexibility index (Phi) is 19.3. The molecule has 0 amide bonds. The Balaban J connectivity index is 1.35. The second-order valence-electron chi connectivity index (χ2n) is 14.2. The Bertz CT molecular complexity index is 2290. The van der Waals surface area contributed by atoms with E-state index in [1.165, 1.54) is 66.7 Å². The van der Waals surface area contributed by atoms with Gasteiger partial charge in [-0.25, -0.2) is 28.8 Å². The van der Waals surface area contributed by atoms with Gasteiger partial charge in [0.05, 0.1) is 54.8 Å². The lowest BCUT2D eigenvalue weighted by Gasteiger charge is -2.13. The van der Waals surface area contributed by atoms with Crippen molar-refractivity contribution in [3.05, 3.63) is 143 Å². The van der Waals surface area contributed by atoms with Crippen LogP contribution >= 0.6 is 0 Å². The maximum Gasteiger partial charge on any atom is 0.343 e. The summed E-state index contributed by atoms with van der Waals surface area (Å²) in [4.78, 5) is 75.4. The Hall–Kier alpha value is -7.53. The average molecular weight is 860 g/mol. The first-order valence-corrected chi connectivity index (χ1v) is 20.3. The van der Waals surface area contributed by atoms with Crippen molar-refractivity contribution in [1.82, 2.24) is 0 Å². The fraction of sp³-hybridized carbons (Fsp3) is 0.286. The van der Waals surface area contributed by atoms with Crippen molar-refractivity contribution >= 4 is 35.8 Å². The summed E-state index contributed by atoms with van der Waals surface area (Å²) in [6, 6.07) is 23.7. The largest absolute Gasteiger partial charge is 0.494 e. The molecule has 0 atom stereocenters. The van der Waals surface area contributed by atoms with Crippen molar-refractivity contribution in [3.8, 4) is 29.1 Å². The van der Waals surface area contributed by atoms with Crippen LogP contribution in [-0.2, 0) is 23.8 Å². The molecule has 4 rings (SSSR count). The number of nitriles is 1. The van der Waals surface area contributed by atoms with Gasteiger partial charge in [0.15, 0.2) is 0 Å². The van der Waals surface area contributed by atoms with Gasteiger partial charge in [0, 0.05) is 11.1 Å². The molecule has 4 aromatic rings. The molecule has 0 aliphatic heterocycles. The Labute approximate surface area is 366 Å². The van der Waals surface area contributed by atoms with E-state index in [1.807, 2.05) is 6.07 Å². The number of unbranched alkanes of at least 4 members (excludes halogenated alkanes) is 6. The van der Waals surface area contributed by atoms with Crippen LogP contribution in [0.4, 0.5) is 0 Å². The van der Waals surface area contributed by atoms with Gasteiger partial charge in [-0.1, -0.05) is 13.2 Å². The summed E-state index contributed by atoms with van der Waals surface area (Å²) < 4.78 is 38.1. The van der Waals surface area contributed by atoms with Crippen LogP contribution in [0.5, 0.6) is 23.0 Å². The topological polar surface area (TPSA) is 191 Å². The predicted molar refractivity (Wildman–Crippen MR) is 230 cm³/mol. The molecule has 0 fully saturated rings. The third-order valence-electron chi connectivity index (χ3n) is 8.97. The number of nitrogens with zero attached hydrogens (tertiary/aromatic N) is 1. The number of ether oxygens (including phenoxy) is 7. The van der Waals surface area contributed by atoms with Crippen LogP contribution in [-0.4, -0.2) is 62.2 Å². The monoisotopic (exact) mass is 859 g/mol. The van der Waals surface area contributed by atoms with Gasteiger partial charge < -0.3 is 33.2 Å². The molecule has 0 saturated heterocycles. The van der Waals surface area contributed by atoms with Gasteiger partial charge in [0.1, 0.15) is 28.6 Å². The molecule has 14 nitrogen and oxygen atoms in total. The van der Waals surface area contributed by atoms with Gasteiger partial charge >= 0.3 is 35.8 Å². The summed E-state index contributed by atoms with van der Waals surface area (Å²) >= 11 is 0. The lowest BCUT2D eigenvalue weighted by molar-refractivity contribution is -0.139. The molecule has 0 aromatic heterocycles. The van der Waals surface area contributed by atoms with Crippen LogP contribution in [0.2, 0.25) is 0 Å². The summed E-state index contributed by atoms with van der Waals surface area (Å²) in [5, 5.41) is 8.98. The van der Waals surface area contributed by atoms with Crippen molar-refractivity contribution in [2.45, 2.75) is 65.2 Å². The van der Waals surface area contributed by atoms with Crippen molar-refractivity contribution in [1.29, 1.82) is 5.26 Å². The van der Waals surface area contributed by atoms with Crippen molar-refractivity contribution in [2.75, 3.05) is 26.4 Å². The highest BCUT2D eigenvalue weighted by Crippen LogP contribution is 2.28. The van der Waals surface area contributed by atoms with Crippen LogP contribution in [0.1, 0.15) is 112 Å². The van der Waals surface area contributed by atoms with E-state index in [2.05, 4.69) is 13.2 Å². The number of carbonyl (C=O) groups excluding carboxylic acids is 6. The van der Waals surface area contributed by atoms with E-state index in [1.54, 1.807) is 38.1 Å². The molecule has 14 heteroatoms. The zero-order chi connectivity index (χ0) is 45.6. The van der Waals surface area contributed by atoms with E-state index in [9.17, 15) is 28.8 Å². The molecule has 0 spiro atoms. The Morgan fingerprint density at radius 2 is 0.889 bits per heavy atom. The van der Waals surface area contributed by atoms with Gasteiger partial charge in [0.2, 0.25) is 0 Å². The first-order valence-electron chi connectivity index (χ1n) is 20.3. The molecule has 0 aliphatic carbocycles. The number of hydrogen-bond donors (Lipinski definition) is 0. The van der Waals surface area contributed by atoms with Crippen LogP contribution < -0.4 is 18.9 Å². The first kappa shape index (κ1) is 48.1. The molecule has 4 aromatic carbocycles. The van der Waals surface area contributed by atoms with E-state index in [0.717, 1.165) is 25.7 Å². The number of esters is 6. The summed E-state index contributed by atoms with van der Waals surface area (Å²) in [5.41, 5.74) is 1.42. The molecule has 328 valence electrons. The second-order valence-corrected chi connectivity index (χ2v) is 14.2. The first-order chi connectivity index (χ1) is 30.3. The lowest BCUT2D eigenvalue weighted by atomic mass is 10.1. The molecule has 0 heterocycles. The van der Waals surface area contributed by atoms with Crippen LogP contribution in [0, 0.1) is 11.3 Å². The summed E-state index contributed by atoms with van der Waals surface area (Å²) in [6.07, 6.45) is 5.79. The molecule has 0 saturated carbocycles. The van der Waals surface area contributed by atoms with Gasteiger partial charge in [-0.2, -0.15) is 5.26 Å². The molecule has 0 radical (unpaired) electrons. The predicted octanol–water partition coefficient (Wildman–Crippen LogP) is 9.11. The van der Waals surface area contributed by atoms with Crippen LogP contribution in [0.15, 0.2) is 115 Å². The molecular formula is C49H49NO13. The van der Waals surface area contributed by atoms with E-state index in [-0.39, 0.29) is 52.7 Å². The average Bonchev–Trinajstić information content (AvgIpc) is 3.28. The highest BCUT2D eigenvalue weighted by atomic mass is 16.6. The standard InChI is InChI=1S/C49H49NO13/c1-33(2)44(51)58-28-10-6-5-9-27-57-39-21-17-37(18-22-39)47(54)62-41-25-26-43(42(31-41)49(56)60-30-12-8-7-11-29-59-45(52)34(3)4)63-48(55)38-19-23-40(24-20-38)61-46(53)36-15-13-35(32-50)14-16-36/h13-26,31H,1,3,5-12,27-30H2,2,4H3. The van der Waals surface area contributed by atoms with Crippen molar-refractivity contribution in [3.63, 3.8) is 0 Å². The smallest absolute Gasteiger partial charge is 0.343 e. The zero-order valence-corrected chi connectivity index (χ0v) is 35.3. The SMILES string of the molecule is C=C(C)C(=O)OCCCCCCOC(=O)c1cc(OC(=O)c2ccc(OCCCCCCOC(=O)C(=C)C)cc2)ccc1OC(=O)c1ccc(OC(=O)c2ccc(C#N)cc2)cc1. The minimum atomic E-state index is -0.838. The highest BCUT2D eigenvalue weighted by molar-refractivity contribution is 5.97. The fourth-order valence-corrected chi connectivity index (χ4v) is 5.46. The number of hydrogen-bond acceptors (Lipinski definition) is 14. The molecular weight excluding hydrogens is 811 g/mol. The van der Waals surface area contributed by atoms with Gasteiger partial charge in [-0.05, 0) is 156 Å². The number of rotatable bonds is 24. The lowest BCUT2D eigenvalue weighted by Crippen LogP contribution is -2.15. The maximum absolute atomic E-state index is 13.4. The number of benzene rings is 4. The Morgan fingerprint density at radius 3 is 1.38 bits per heavy atom. The quantitative estimate of drug-likeness (QED) is 0.0213. The third kappa shape index (κ3) is 16.5. The third-order valence-corrected chi connectivity index (χ3v) is 8.97. The molecule has 0 unspecified atom stereocenters. The highest BCUT2D eigenvalue weighted by Gasteiger charge is 2.21. The molecule has 0 aliphatic rings. The van der Waals surface area contributed by atoms with E-state index >= 15 is 0 Å². The van der Waals surface area contributed by atoms with E-state index in [4.69, 9.17) is 38.4 Å². The fourth-order valence-electron chi connectivity index (χ4n) is 5.46. The molecule has 0 N–H and O–H groups in total. The minimum Gasteiger partial charge on any atom is -0.494 e. The second kappa shape index (κ2) is 25.3. The normalized spacial score (nSPS) is 10.4. The van der Waals surface area contributed by atoms with Crippen LogP contribution in [0.25, 0.3) is 0 Å². The van der Waals surface area contributed by atoms with Crippen LogP contribution in [0.3, 0.4) is 0 Å². The molecule has 0 bridgehead atoms. The van der Waals surface area contributed by atoms with E-state index in [0.29, 0.717) is 61.4 Å². The number of carbonyl (C=O) groups is 6. The minimum absolute atomic E-state index is 0.0146. The van der Waals surface area contributed by atoms with Gasteiger partial charge in [-0.15, -0.1) is 0 Å². The zero-order valence-electron chi connectivity index (χ0n) is 35.3. The van der Waals surface area contributed by atoms with Gasteiger partial charge in [-0.3, -0.25) is 0 Å². The maximum atomic E-state index is 13.4. The van der Waals surface area contributed by atoms with Gasteiger partial charge in [0.25, 0.3) is 0 Å². The Morgan fingerprint density at radius 1 is 0.476 bits per heavy atom. The van der Waals surface area contributed by atoms with Crippen molar-refractivity contribution < 1.29 is 61.9 Å². The van der Waals surface area contributed by atoms with Crippen molar-refractivity contribution in [2.24, 2.45) is 0 Å². The summed E-state index contributed by atoms with van der Waals surface area (Å²) in [6.45, 7) is 11.4. The van der Waals surface area contributed by atoms with E-state index < -0.39 is 35.8 Å².